The zero-order valence-electron chi connectivity index (χ0n) is 26.0. The average molecular weight is 637 g/mol. The number of hydrogen-bond donors (Lipinski definition) is 2. The van der Waals surface area contributed by atoms with Crippen molar-refractivity contribution in [3.8, 4) is 33.9 Å². The van der Waals surface area contributed by atoms with Gasteiger partial charge in [-0.2, -0.15) is 0 Å². The molecule has 10 nitrogen and oxygen atoms in total. The van der Waals surface area contributed by atoms with Gasteiger partial charge in [0.25, 0.3) is 0 Å². The van der Waals surface area contributed by atoms with Crippen molar-refractivity contribution in [3.05, 3.63) is 143 Å². The van der Waals surface area contributed by atoms with Gasteiger partial charge in [-0.25, -0.2) is 14.8 Å². The van der Waals surface area contributed by atoms with Crippen LogP contribution in [0.25, 0.3) is 38.4 Å². The van der Waals surface area contributed by atoms with Gasteiger partial charge in [-0.05, 0) is 83.6 Å². The number of carboxylic acids is 1. The van der Waals surface area contributed by atoms with Gasteiger partial charge < -0.3 is 19.6 Å². The Morgan fingerprint density at radius 3 is 2.10 bits per heavy atom. The number of ether oxygens (including phenoxy) is 2. The fraction of sp³-hybridized carbons (Fsp3) is 0.132. The summed E-state index contributed by atoms with van der Waals surface area (Å²) in [5.41, 5.74) is 15.7. The molecule has 1 aromatic heterocycles. The number of H-pyrrole nitrogens is 1. The second-order valence-electron chi connectivity index (χ2n) is 10.9. The van der Waals surface area contributed by atoms with Crippen molar-refractivity contribution in [2.24, 2.45) is 15.1 Å². The molecule has 0 atom stereocenters. The molecule has 0 amide bonds. The first-order chi connectivity index (χ1) is 23.6. The van der Waals surface area contributed by atoms with E-state index in [4.69, 9.17) is 30.1 Å². The molecular weight excluding hydrogens is 604 g/mol. The zero-order valence-corrected chi connectivity index (χ0v) is 26.0. The van der Waals surface area contributed by atoms with E-state index in [2.05, 4.69) is 33.2 Å². The number of benzene rings is 4. The molecule has 1 aliphatic rings. The van der Waals surface area contributed by atoms with Crippen molar-refractivity contribution in [2.45, 2.75) is 12.8 Å². The lowest BCUT2D eigenvalue weighted by molar-refractivity contribution is -0.139. The Bertz CT molecular complexity index is 2010. The van der Waals surface area contributed by atoms with Crippen LogP contribution in [0, 0.1) is 0 Å². The summed E-state index contributed by atoms with van der Waals surface area (Å²) in [6, 6.07) is 37.3. The average Bonchev–Trinajstić information content (AvgIpc) is 3.75. The third-order valence-electron chi connectivity index (χ3n) is 7.59. The number of hydrogen-bond acceptors (Lipinski definition) is 5. The molecule has 4 aromatic carbocycles. The van der Waals surface area contributed by atoms with E-state index in [1.54, 1.807) is 12.1 Å². The van der Waals surface area contributed by atoms with Crippen LogP contribution in [0.3, 0.4) is 0 Å². The molecule has 0 saturated heterocycles. The molecule has 0 bridgehead atoms. The molecule has 48 heavy (non-hydrogen) atoms. The van der Waals surface area contributed by atoms with Gasteiger partial charge in [0.05, 0.1) is 12.3 Å². The molecule has 0 aliphatic carbocycles. The number of amidine groups is 1. The maximum atomic E-state index is 11.0. The Labute approximate surface area is 277 Å². The second kappa shape index (κ2) is 15.3. The minimum absolute atomic E-state index is 0.413. The zero-order chi connectivity index (χ0) is 33.1. The Morgan fingerprint density at radius 1 is 0.792 bits per heavy atom. The summed E-state index contributed by atoms with van der Waals surface area (Å²) in [5, 5.41) is 12.5. The number of aromatic amines is 1. The molecule has 238 valence electrons. The first-order valence-electron chi connectivity index (χ1n) is 15.5. The highest BCUT2D eigenvalue weighted by molar-refractivity contribution is 6.38. The topological polar surface area (TPSA) is 145 Å². The molecule has 0 spiro atoms. The van der Waals surface area contributed by atoms with Crippen molar-refractivity contribution in [3.63, 3.8) is 0 Å². The maximum absolute atomic E-state index is 11.0. The molecule has 0 saturated carbocycles. The number of rotatable bonds is 14. The van der Waals surface area contributed by atoms with Gasteiger partial charge in [0.1, 0.15) is 17.3 Å². The summed E-state index contributed by atoms with van der Waals surface area (Å²) in [7, 11) is 0. The first kappa shape index (κ1) is 31.6. The minimum Gasteiger partial charge on any atom is -0.494 e. The number of aliphatic imine (C=N–C) groups is 2. The van der Waals surface area contributed by atoms with Crippen molar-refractivity contribution >= 4 is 28.9 Å². The smallest absolute Gasteiger partial charge is 0.341 e. The molecule has 2 heterocycles. The quantitative estimate of drug-likeness (QED) is 0.0542. The number of aliphatic carboxylic acids is 1. The summed E-state index contributed by atoms with van der Waals surface area (Å²) in [5.74, 6) is 1.40. The lowest BCUT2D eigenvalue weighted by Gasteiger charge is -2.07. The van der Waals surface area contributed by atoms with Gasteiger partial charge >= 0.3 is 5.97 Å². The number of allylic oxidation sites excluding steroid dienone is 1. The van der Waals surface area contributed by atoms with Gasteiger partial charge in [-0.1, -0.05) is 77.9 Å². The Kier molecular flexibility index (Phi) is 10.1. The molecule has 5 aromatic rings. The Morgan fingerprint density at radius 2 is 1.44 bits per heavy atom. The van der Waals surface area contributed by atoms with Crippen LogP contribution in [-0.4, -0.2) is 47.4 Å². The molecule has 2 N–H and O–H groups in total. The third-order valence-corrected chi connectivity index (χ3v) is 7.59. The molecule has 6 rings (SSSR count). The second-order valence-corrected chi connectivity index (χ2v) is 10.9. The van der Waals surface area contributed by atoms with Gasteiger partial charge in [-0.15, -0.1) is 0 Å². The van der Waals surface area contributed by atoms with Gasteiger partial charge in [0, 0.05) is 33.9 Å². The minimum atomic E-state index is -1.04. The molecule has 10 heteroatoms. The highest BCUT2D eigenvalue weighted by Crippen LogP contribution is 2.37. The SMILES string of the molecule is [N-]=[N+]=NCCCCOc1ccc(-c2cc(-c3ccccc3)c(N=C3N=C(c4ccccc4)C=C3c3ccc(OCC(=O)O)cc3)[nH]2)cc1. The van der Waals surface area contributed by atoms with E-state index in [9.17, 15) is 4.79 Å². The summed E-state index contributed by atoms with van der Waals surface area (Å²) in [4.78, 5) is 27.4. The largest absolute Gasteiger partial charge is 0.494 e. The van der Waals surface area contributed by atoms with Crippen LogP contribution >= 0.6 is 0 Å². The van der Waals surface area contributed by atoms with Gasteiger partial charge in [0.15, 0.2) is 12.4 Å². The van der Waals surface area contributed by atoms with Crippen molar-refractivity contribution in [2.75, 3.05) is 19.8 Å². The van der Waals surface area contributed by atoms with Crippen LogP contribution in [0.4, 0.5) is 5.82 Å². The van der Waals surface area contributed by atoms with E-state index in [0.29, 0.717) is 30.6 Å². The standard InChI is InChI=1S/C38H32N6O4/c39-44-40-21-7-8-22-47-30-19-15-29(16-20-30)35-23-32(26-9-3-1-4-10-26)37(42-35)43-38-33(24-34(41-38)28-11-5-2-6-12-28)27-13-17-31(18-14-27)48-25-36(45)46/h1-6,9-20,23-24,42H,7-8,21-22,25H2,(H,45,46). The van der Waals surface area contributed by atoms with Gasteiger partial charge in [-0.3, -0.25) is 0 Å². The predicted octanol–water partition coefficient (Wildman–Crippen LogP) is 8.90. The van der Waals surface area contributed by atoms with Gasteiger partial charge in [0.2, 0.25) is 0 Å². The molecule has 0 radical (unpaired) electrons. The summed E-state index contributed by atoms with van der Waals surface area (Å²) in [6.07, 6.45) is 3.59. The van der Waals surface area contributed by atoms with Crippen LogP contribution in [-0.2, 0) is 4.79 Å². The van der Waals surface area contributed by atoms with E-state index in [-0.39, 0.29) is 0 Å². The summed E-state index contributed by atoms with van der Waals surface area (Å²) in [6.45, 7) is 0.596. The number of carbonyl (C=O) groups is 1. The van der Waals surface area contributed by atoms with Crippen LogP contribution in [0.5, 0.6) is 11.5 Å². The highest BCUT2D eigenvalue weighted by atomic mass is 16.5. The molecule has 1 aliphatic heterocycles. The number of nitrogens with one attached hydrogen (secondary N) is 1. The van der Waals surface area contributed by atoms with Crippen LogP contribution in [0.2, 0.25) is 0 Å². The molecular formula is C38H32N6O4. The Balaban J connectivity index is 1.33. The normalized spacial score (nSPS) is 13.0. The number of carboxylic acid groups (broad SMARTS) is 1. The number of azide groups is 1. The van der Waals surface area contributed by atoms with E-state index >= 15 is 0 Å². The van der Waals surface area contributed by atoms with E-state index < -0.39 is 12.6 Å². The fourth-order valence-corrected chi connectivity index (χ4v) is 5.22. The number of nitrogens with zero attached hydrogens (tertiary/aromatic N) is 5. The number of unbranched alkanes of at least 4 members (excludes halogenated alkanes) is 1. The van der Waals surface area contributed by atoms with Crippen molar-refractivity contribution in [1.29, 1.82) is 0 Å². The highest BCUT2D eigenvalue weighted by Gasteiger charge is 2.21. The van der Waals surface area contributed by atoms with Crippen molar-refractivity contribution < 1.29 is 19.4 Å². The summed E-state index contributed by atoms with van der Waals surface area (Å²) >= 11 is 0. The van der Waals surface area contributed by atoms with Crippen LogP contribution in [0.1, 0.15) is 24.0 Å². The summed E-state index contributed by atoms with van der Waals surface area (Å²) < 4.78 is 11.2. The first-order valence-corrected chi connectivity index (χ1v) is 15.5. The van der Waals surface area contributed by atoms with E-state index in [1.165, 1.54) is 0 Å². The van der Waals surface area contributed by atoms with Crippen molar-refractivity contribution in [1.82, 2.24) is 4.98 Å². The third kappa shape index (κ3) is 7.88. The molecule has 0 fully saturated rings. The molecule has 0 unspecified atom stereocenters. The monoisotopic (exact) mass is 636 g/mol. The van der Waals surface area contributed by atoms with Crippen LogP contribution in [0.15, 0.2) is 136 Å². The number of aromatic nitrogens is 1. The fourth-order valence-electron chi connectivity index (χ4n) is 5.22. The Hall–Kier alpha value is -6.38. The predicted molar refractivity (Wildman–Crippen MR) is 188 cm³/mol. The maximum Gasteiger partial charge on any atom is 0.341 e. The van der Waals surface area contributed by atoms with E-state index in [0.717, 1.165) is 63.4 Å². The van der Waals surface area contributed by atoms with E-state index in [1.807, 2.05) is 91.0 Å². The lowest BCUT2D eigenvalue weighted by Crippen LogP contribution is -2.09. The van der Waals surface area contributed by atoms with Crippen LogP contribution < -0.4 is 9.47 Å². The lowest BCUT2D eigenvalue weighted by atomic mass is 10.0.